The van der Waals surface area contributed by atoms with E-state index in [1.54, 1.807) is 6.07 Å². The molecule has 0 saturated heterocycles. The molecule has 0 radical (unpaired) electrons. The summed E-state index contributed by atoms with van der Waals surface area (Å²) in [6.45, 7) is 20.4. The lowest BCUT2D eigenvalue weighted by Crippen LogP contribution is -2.23. The molecular formula is C25H41NO2. The molecule has 3 heteroatoms. The third-order valence-electron chi connectivity index (χ3n) is 3.11. The van der Waals surface area contributed by atoms with Gasteiger partial charge in [-0.25, -0.2) is 4.79 Å². The molecule has 0 saturated carbocycles. The second-order valence-electron chi connectivity index (χ2n) is 6.42. The van der Waals surface area contributed by atoms with Gasteiger partial charge in [0.25, 0.3) is 0 Å². The van der Waals surface area contributed by atoms with Crippen LogP contribution in [0.5, 0.6) is 0 Å². The topological polar surface area (TPSA) is 38.3 Å². The van der Waals surface area contributed by atoms with Crippen molar-refractivity contribution >= 4 is 11.7 Å². The summed E-state index contributed by atoms with van der Waals surface area (Å²) >= 11 is 0. The first-order valence-electron chi connectivity index (χ1n) is 10.5. The van der Waals surface area contributed by atoms with Crippen LogP contribution >= 0.6 is 0 Å². The predicted molar refractivity (Wildman–Crippen MR) is 124 cm³/mol. The van der Waals surface area contributed by atoms with Gasteiger partial charge in [-0.1, -0.05) is 77.4 Å². The SMILES string of the molecule is CC.CC.CC.Cc1ccc(CNc2cccc(C(=O)OC(C)(C)C)c2)cc1. The Bertz CT molecular complexity index is 640. The van der Waals surface area contributed by atoms with Crippen LogP contribution in [0.2, 0.25) is 0 Å². The zero-order valence-corrected chi connectivity index (χ0v) is 19.6. The van der Waals surface area contributed by atoms with Crippen LogP contribution < -0.4 is 5.32 Å². The van der Waals surface area contributed by atoms with E-state index in [1.807, 2.05) is 80.5 Å². The standard InChI is InChI=1S/C19H23NO2.3C2H6/c1-14-8-10-15(11-9-14)13-20-17-7-5-6-16(12-17)18(21)22-19(2,3)4;3*1-2/h5-12,20H,13H2,1-4H3;3*1-2H3. The molecule has 1 N–H and O–H groups in total. The largest absolute Gasteiger partial charge is 0.456 e. The number of benzene rings is 2. The summed E-state index contributed by atoms with van der Waals surface area (Å²) in [7, 11) is 0. The number of ether oxygens (including phenoxy) is 1. The van der Waals surface area contributed by atoms with E-state index in [4.69, 9.17) is 4.74 Å². The van der Waals surface area contributed by atoms with Gasteiger partial charge in [0.15, 0.2) is 0 Å². The van der Waals surface area contributed by atoms with E-state index in [-0.39, 0.29) is 5.97 Å². The van der Waals surface area contributed by atoms with Crippen LogP contribution in [0.3, 0.4) is 0 Å². The summed E-state index contributed by atoms with van der Waals surface area (Å²) in [5.41, 5.74) is 3.43. The first kappa shape index (κ1) is 27.9. The summed E-state index contributed by atoms with van der Waals surface area (Å²) in [4.78, 5) is 12.1. The van der Waals surface area contributed by atoms with Crippen molar-refractivity contribution in [2.75, 3.05) is 5.32 Å². The lowest BCUT2D eigenvalue weighted by atomic mass is 10.1. The van der Waals surface area contributed by atoms with Gasteiger partial charge in [-0.15, -0.1) is 0 Å². The van der Waals surface area contributed by atoms with Crippen LogP contribution in [-0.2, 0) is 11.3 Å². The molecule has 0 unspecified atom stereocenters. The van der Waals surface area contributed by atoms with Crippen LogP contribution in [0.25, 0.3) is 0 Å². The van der Waals surface area contributed by atoms with E-state index in [0.29, 0.717) is 5.56 Å². The minimum Gasteiger partial charge on any atom is -0.456 e. The average Bonchev–Trinajstić information content (AvgIpc) is 2.71. The smallest absolute Gasteiger partial charge is 0.338 e. The van der Waals surface area contributed by atoms with E-state index in [1.165, 1.54) is 11.1 Å². The number of aryl methyl sites for hydroxylation is 1. The minimum absolute atomic E-state index is 0.300. The maximum atomic E-state index is 12.1. The fourth-order valence-corrected chi connectivity index (χ4v) is 2.00. The second-order valence-corrected chi connectivity index (χ2v) is 6.42. The lowest BCUT2D eigenvalue weighted by molar-refractivity contribution is 0.00696. The van der Waals surface area contributed by atoms with Gasteiger partial charge >= 0.3 is 5.97 Å². The van der Waals surface area contributed by atoms with Crippen molar-refractivity contribution in [1.29, 1.82) is 0 Å². The minimum atomic E-state index is -0.484. The molecule has 158 valence electrons. The molecular weight excluding hydrogens is 346 g/mol. The maximum Gasteiger partial charge on any atom is 0.338 e. The molecule has 2 aromatic rings. The molecule has 2 rings (SSSR count). The molecule has 0 aliphatic rings. The van der Waals surface area contributed by atoms with Gasteiger partial charge < -0.3 is 10.1 Å². The number of esters is 1. The van der Waals surface area contributed by atoms with Crippen LogP contribution in [0.15, 0.2) is 48.5 Å². The average molecular weight is 388 g/mol. The van der Waals surface area contributed by atoms with Crippen molar-refractivity contribution < 1.29 is 9.53 Å². The third-order valence-corrected chi connectivity index (χ3v) is 3.11. The Kier molecular flexibility index (Phi) is 15.7. The Hall–Kier alpha value is -2.29. The molecule has 3 nitrogen and oxygen atoms in total. The van der Waals surface area contributed by atoms with E-state index in [2.05, 4.69) is 36.5 Å². The second kappa shape index (κ2) is 15.7. The number of anilines is 1. The number of carbonyl (C=O) groups is 1. The van der Waals surface area contributed by atoms with Gasteiger partial charge in [0, 0.05) is 12.2 Å². The summed E-state index contributed by atoms with van der Waals surface area (Å²) in [6, 6.07) is 15.8. The number of hydrogen-bond donors (Lipinski definition) is 1. The summed E-state index contributed by atoms with van der Waals surface area (Å²) < 4.78 is 5.39. The first-order chi connectivity index (χ1) is 13.3. The monoisotopic (exact) mass is 387 g/mol. The lowest BCUT2D eigenvalue weighted by Gasteiger charge is -2.19. The molecule has 0 spiro atoms. The third kappa shape index (κ3) is 12.2. The Labute approximate surface area is 173 Å². The highest BCUT2D eigenvalue weighted by molar-refractivity contribution is 5.90. The van der Waals surface area contributed by atoms with Crippen molar-refractivity contribution in [1.82, 2.24) is 0 Å². The van der Waals surface area contributed by atoms with Crippen molar-refractivity contribution in [3.05, 3.63) is 65.2 Å². The Morgan fingerprint density at radius 2 is 1.43 bits per heavy atom. The first-order valence-corrected chi connectivity index (χ1v) is 10.5. The highest BCUT2D eigenvalue weighted by atomic mass is 16.6. The van der Waals surface area contributed by atoms with Gasteiger partial charge in [-0.05, 0) is 51.5 Å². The van der Waals surface area contributed by atoms with E-state index >= 15 is 0 Å². The fourth-order valence-electron chi connectivity index (χ4n) is 2.00. The molecule has 0 atom stereocenters. The van der Waals surface area contributed by atoms with Gasteiger partial charge in [0.1, 0.15) is 5.60 Å². The van der Waals surface area contributed by atoms with Crippen LogP contribution in [0, 0.1) is 6.92 Å². The molecule has 0 aliphatic carbocycles. The molecule has 0 aromatic heterocycles. The van der Waals surface area contributed by atoms with Crippen molar-refractivity contribution in [3.63, 3.8) is 0 Å². The number of hydrogen-bond acceptors (Lipinski definition) is 3. The summed E-state index contributed by atoms with van der Waals surface area (Å²) in [6.07, 6.45) is 0. The maximum absolute atomic E-state index is 12.1. The Morgan fingerprint density at radius 1 is 0.893 bits per heavy atom. The number of carbonyl (C=O) groups excluding carboxylic acids is 1. The highest BCUT2D eigenvalue weighted by Crippen LogP contribution is 2.16. The van der Waals surface area contributed by atoms with Crippen molar-refractivity contribution in [3.8, 4) is 0 Å². The molecule has 0 amide bonds. The zero-order valence-electron chi connectivity index (χ0n) is 19.6. The van der Waals surface area contributed by atoms with Crippen molar-refractivity contribution in [2.24, 2.45) is 0 Å². The normalized spacial score (nSPS) is 9.36. The number of rotatable bonds is 4. The van der Waals surface area contributed by atoms with Crippen LogP contribution in [0.1, 0.15) is 83.8 Å². The van der Waals surface area contributed by atoms with E-state index in [9.17, 15) is 4.79 Å². The number of nitrogens with one attached hydrogen (secondary N) is 1. The van der Waals surface area contributed by atoms with E-state index < -0.39 is 5.60 Å². The van der Waals surface area contributed by atoms with Gasteiger partial charge in [0.05, 0.1) is 5.56 Å². The molecule has 0 fully saturated rings. The molecule has 0 heterocycles. The Morgan fingerprint density at radius 3 is 1.93 bits per heavy atom. The molecule has 28 heavy (non-hydrogen) atoms. The quantitative estimate of drug-likeness (QED) is 0.548. The highest BCUT2D eigenvalue weighted by Gasteiger charge is 2.17. The molecule has 0 aliphatic heterocycles. The molecule has 0 bridgehead atoms. The summed E-state index contributed by atoms with van der Waals surface area (Å²) in [5, 5.41) is 3.33. The van der Waals surface area contributed by atoms with Crippen LogP contribution in [-0.4, -0.2) is 11.6 Å². The fraction of sp³-hybridized carbons (Fsp3) is 0.480. The summed E-state index contributed by atoms with van der Waals surface area (Å²) in [5.74, 6) is -0.300. The van der Waals surface area contributed by atoms with Crippen molar-refractivity contribution in [2.45, 2.75) is 81.4 Å². The Balaban J connectivity index is 0. The zero-order chi connectivity index (χ0) is 22.2. The van der Waals surface area contributed by atoms with Gasteiger partial charge in [0.2, 0.25) is 0 Å². The van der Waals surface area contributed by atoms with Gasteiger partial charge in [-0.2, -0.15) is 0 Å². The predicted octanol–water partition coefficient (Wildman–Crippen LogP) is 7.64. The molecule has 2 aromatic carbocycles. The van der Waals surface area contributed by atoms with E-state index in [0.717, 1.165) is 12.2 Å². The van der Waals surface area contributed by atoms with Gasteiger partial charge in [-0.3, -0.25) is 0 Å². The van der Waals surface area contributed by atoms with Crippen LogP contribution in [0.4, 0.5) is 5.69 Å².